The van der Waals surface area contributed by atoms with Crippen LogP contribution in [0.4, 0.5) is 0 Å². The van der Waals surface area contributed by atoms with Crippen LogP contribution in [0.3, 0.4) is 0 Å². The van der Waals surface area contributed by atoms with Crippen molar-refractivity contribution in [3.63, 3.8) is 0 Å². The molecule has 0 amide bonds. The maximum atomic E-state index is 13.7. The lowest BCUT2D eigenvalue weighted by Gasteiger charge is -2.40. The van der Waals surface area contributed by atoms with Gasteiger partial charge in [0, 0.05) is 0 Å². The Hall–Kier alpha value is -2.04. The first-order valence-electron chi connectivity index (χ1n) is 10.3. The van der Waals surface area contributed by atoms with Gasteiger partial charge in [-0.25, -0.2) is 8.42 Å². The van der Waals surface area contributed by atoms with Gasteiger partial charge in [-0.15, -0.1) is 0 Å². The van der Waals surface area contributed by atoms with Crippen LogP contribution in [-0.4, -0.2) is 52.7 Å². The van der Waals surface area contributed by atoms with Gasteiger partial charge in [0.2, 0.25) is 10.0 Å². The molecule has 0 unspecified atom stereocenters. The lowest BCUT2D eigenvalue weighted by Crippen LogP contribution is -2.53. The van der Waals surface area contributed by atoms with E-state index in [0.29, 0.717) is 13.0 Å². The van der Waals surface area contributed by atoms with E-state index >= 15 is 0 Å². The van der Waals surface area contributed by atoms with E-state index in [9.17, 15) is 16.8 Å². The second-order valence-corrected chi connectivity index (χ2v) is 11.5. The molecule has 0 spiro atoms. The Balaban J connectivity index is 1.90. The molecule has 3 rings (SSSR count). The number of benzene rings is 2. The molecule has 0 saturated heterocycles. The molecule has 0 N–H and O–H groups in total. The van der Waals surface area contributed by atoms with E-state index in [1.165, 1.54) is 4.31 Å². The second-order valence-electron chi connectivity index (χ2n) is 7.99. The van der Waals surface area contributed by atoms with Gasteiger partial charge < -0.3 is 4.74 Å². The predicted octanol–water partition coefficient (Wildman–Crippen LogP) is 3.27. The topological polar surface area (TPSA) is 90.0 Å². The first kappa shape index (κ1) is 24.6. The second kappa shape index (κ2) is 10.3. The van der Waals surface area contributed by atoms with Gasteiger partial charge in [0.15, 0.2) is 0 Å². The minimum Gasteiger partial charge on any atom is -0.375 e. The van der Waals surface area contributed by atoms with Crippen molar-refractivity contribution >= 4 is 20.1 Å². The zero-order chi connectivity index (χ0) is 23.4. The summed E-state index contributed by atoms with van der Waals surface area (Å²) in [6.45, 7) is 3.96. The molecule has 2 atom stereocenters. The van der Waals surface area contributed by atoms with Crippen LogP contribution in [0.15, 0.2) is 71.1 Å². The molecular weight excluding hydrogens is 450 g/mol. The fourth-order valence-electron chi connectivity index (χ4n) is 3.62. The lowest BCUT2D eigenvalue weighted by molar-refractivity contribution is 0.0671. The molecule has 0 aliphatic carbocycles. The van der Waals surface area contributed by atoms with Crippen molar-refractivity contribution in [1.29, 1.82) is 0 Å². The summed E-state index contributed by atoms with van der Waals surface area (Å²) in [5.41, 5.74) is 2.78. The SMILES string of the molecule is CC1=CC[C@H](COS(C)(=O)=O)N(S(=O)(=O)c2ccc(C)cc2)[C@@H]1COCc1ccccc1. The van der Waals surface area contributed by atoms with Gasteiger partial charge in [-0.2, -0.15) is 12.7 Å². The van der Waals surface area contributed by atoms with E-state index in [2.05, 4.69) is 0 Å². The van der Waals surface area contributed by atoms with Gasteiger partial charge in [-0.3, -0.25) is 4.18 Å². The minimum absolute atomic E-state index is 0.137. The van der Waals surface area contributed by atoms with Gasteiger partial charge in [0.05, 0.1) is 43.1 Å². The van der Waals surface area contributed by atoms with Gasteiger partial charge in [-0.05, 0) is 38.0 Å². The van der Waals surface area contributed by atoms with E-state index in [1.54, 1.807) is 24.3 Å². The molecule has 0 aromatic heterocycles. The largest absolute Gasteiger partial charge is 0.375 e. The number of nitrogens with zero attached hydrogens (tertiary/aromatic N) is 1. The molecule has 1 heterocycles. The Labute approximate surface area is 190 Å². The van der Waals surface area contributed by atoms with Gasteiger partial charge in [-0.1, -0.05) is 59.7 Å². The highest BCUT2D eigenvalue weighted by Gasteiger charge is 2.40. The molecular formula is C23H29NO6S2. The molecule has 0 radical (unpaired) electrons. The normalized spacial score (nSPS) is 20.2. The number of rotatable bonds is 9. The summed E-state index contributed by atoms with van der Waals surface area (Å²) in [4.78, 5) is 0.148. The molecule has 1 aliphatic rings. The Morgan fingerprint density at radius 3 is 2.22 bits per heavy atom. The van der Waals surface area contributed by atoms with Crippen molar-refractivity contribution < 1.29 is 25.8 Å². The quantitative estimate of drug-likeness (QED) is 0.405. The first-order valence-corrected chi connectivity index (χ1v) is 13.6. The van der Waals surface area contributed by atoms with E-state index in [4.69, 9.17) is 8.92 Å². The van der Waals surface area contributed by atoms with Crippen LogP contribution in [0.25, 0.3) is 0 Å². The van der Waals surface area contributed by atoms with Crippen LogP contribution < -0.4 is 0 Å². The minimum atomic E-state index is -3.94. The smallest absolute Gasteiger partial charge is 0.264 e. The van der Waals surface area contributed by atoms with Crippen molar-refractivity contribution in [3.8, 4) is 0 Å². The Morgan fingerprint density at radius 2 is 1.59 bits per heavy atom. The van der Waals surface area contributed by atoms with Crippen LogP contribution in [0.1, 0.15) is 24.5 Å². The first-order chi connectivity index (χ1) is 15.1. The van der Waals surface area contributed by atoms with Crippen LogP contribution in [0, 0.1) is 6.92 Å². The third kappa shape index (κ3) is 6.26. The molecule has 9 heteroatoms. The molecule has 2 aromatic rings. The average molecular weight is 480 g/mol. The van der Waals surface area contributed by atoms with Crippen molar-refractivity contribution in [1.82, 2.24) is 4.31 Å². The number of hydrogen-bond acceptors (Lipinski definition) is 6. The fourth-order valence-corrected chi connectivity index (χ4v) is 5.85. The monoisotopic (exact) mass is 479 g/mol. The van der Waals surface area contributed by atoms with E-state index in [1.807, 2.05) is 50.3 Å². The summed E-state index contributed by atoms with van der Waals surface area (Å²) < 4.78 is 62.7. The van der Waals surface area contributed by atoms with Crippen LogP contribution >= 0.6 is 0 Å². The third-order valence-corrected chi connectivity index (χ3v) is 7.90. The van der Waals surface area contributed by atoms with Crippen molar-refractivity contribution in [2.45, 2.75) is 43.9 Å². The zero-order valence-electron chi connectivity index (χ0n) is 18.5. The van der Waals surface area contributed by atoms with Crippen LogP contribution in [0.2, 0.25) is 0 Å². The molecule has 32 heavy (non-hydrogen) atoms. The highest BCUT2D eigenvalue weighted by Crippen LogP contribution is 2.31. The fraction of sp³-hybridized carbons (Fsp3) is 0.391. The van der Waals surface area contributed by atoms with Crippen molar-refractivity contribution in [2.24, 2.45) is 0 Å². The number of hydrogen-bond donors (Lipinski definition) is 0. The van der Waals surface area contributed by atoms with E-state index < -0.39 is 32.2 Å². The maximum Gasteiger partial charge on any atom is 0.264 e. The molecule has 0 bridgehead atoms. The maximum absolute atomic E-state index is 13.7. The predicted molar refractivity (Wildman–Crippen MR) is 123 cm³/mol. The summed E-state index contributed by atoms with van der Waals surface area (Å²) >= 11 is 0. The molecule has 7 nitrogen and oxygen atoms in total. The number of sulfonamides is 1. The van der Waals surface area contributed by atoms with Gasteiger partial charge in [0.25, 0.3) is 10.1 Å². The number of aryl methyl sites for hydroxylation is 1. The van der Waals surface area contributed by atoms with E-state index in [-0.39, 0.29) is 18.1 Å². The summed E-state index contributed by atoms with van der Waals surface area (Å²) in [6.07, 6.45) is 3.23. The van der Waals surface area contributed by atoms with Gasteiger partial charge >= 0.3 is 0 Å². The summed E-state index contributed by atoms with van der Waals surface area (Å²) in [6, 6.07) is 15.0. The lowest BCUT2D eigenvalue weighted by atomic mass is 9.99. The summed E-state index contributed by atoms with van der Waals surface area (Å²) in [7, 11) is -7.66. The molecule has 174 valence electrons. The highest BCUT2D eigenvalue weighted by molar-refractivity contribution is 7.89. The zero-order valence-corrected chi connectivity index (χ0v) is 20.1. The molecule has 0 fully saturated rings. The standard InChI is InChI=1S/C23H29NO6S2/c1-18-9-13-22(14-10-18)32(27,28)24-21(16-30-31(3,25)26)12-11-19(2)23(24)17-29-15-20-7-5-4-6-8-20/h4-11,13-14,21,23H,12,15-17H2,1-3H3/t21-,23-/m1/s1. The Morgan fingerprint density at radius 1 is 0.938 bits per heavy atom. The Kier molecular flexibility index (Phi) is 7.89. The average Bonchev–Trinajstić information content (AvgIpc) is 2.74. The van der Waals surface area contributed by atoms with Crippen molar-refractivity contribution in [3.05, 3.63) is 77.4 Å². The van der Waals surface area contributed by atoms with Gasteiger partial charge in [0.1, 0.15) is 0 Å². The van der Waals surface area contributed by atoms with Crippen LogP contribution in [0.5, 0.6) is 0 Å². The number of ether oxygens (including phenoxy) is 1. The molecule has 2 aromatic carbocycles. The Bertz CT molecular complexity index is 1140. The van der Waals surface area contributed by atoms with Crippen LogP contribution in [-0.2, 0) is 35.7 Å². The highest BCUT2D eigenvalue weighted by atomic mass is 32.2. The summed E-state index contributed by atoms with van der Waals surface area (Å²) in [5, 5.41) is 0. The van der Waals surface area contributed by atoms with E-state index in [0.717, 1.165) is 23.0 Å². The summed E-state index contributed by atoms with van der Waals surface area (Å²) in [5.74, 6) is 0. The molecule has 1 aliphatic heterocycles. The van der Waals surface area contributed by atoms with Crippen molar-refractivity contribution in [2.75, 3.05) is 19.5 Å². The molecule has 0 saturated carbocycles. The third-order valence-electron chi connectivity index (χ3n) is 5.36.